The van der Waals surface area contributed by atoms with Crippen molar-refractivity contribution >= 4 is 11.4 Å². The van der Waals surface area contributed by atoms with E-state index in [0.717, 1.165) is 19.6 Å². The van der Waals surface area contributed by atoms with E-state index in [1.54, 1.807) is 12.1 Å². The SMILES string of the molecule is CC(Nc1ccc(N)cc1F)C1CCOC1. The van der Waals surface area contributed by atoms with Crippen molar-refractivity contribution in [3.05, 3.63) is 24.0 Å². The first-order chi connectivity index (χ1) is 7.66. The summed E-state index contributed by atoms with van der Waals surface area (Å²) in [5, 5.41) is 3.17. The predicted octanol–water partition coefficient (Wildman–Crippen LogP) is 2.24. The zero-order valence-electron chi connectivity index (χ0n) is 9.37. The third-order valence-electron chi connectivity index (χ3n) is 3.05. The van der Waals surface area contributed by atoms with Gasteiger partial charge in [0.25, 0.3) is 0 Å². The molecule has 1 aliphatic heterocycles. The minimum atomic E-state index is -0.300. The number of halogens is 1. The van der Waals surface area contributed by atoms with Crippen LogP contribution < -0.4 is 11.1 Å². The first-order valence-electron chi connectivity index (χ1n) is 5.56. The highest BCUT2D eigenvalue weighted by Gasteiger charge is 2.22. The molecule has 2 atom stereocenters. The Balaban J connectivity index is 2.02. The second-order valence-corrected chi connectivity index (χ2v) is 4.30. The van der Waals surface area contributed by atoms with Crippen LogP contribution in [0.4, 0.5) is 15.8 Å². The fraction of sp³-hybridized carbons (Fsp3) is 0.500. The fourth-order valence-electron chi connectivity index (χ4n) is 1.96. The van der Waals surface area contributed by atoms with Crippen LogP contribution in [0, 0.1) is 11.7 Å². The molecule has 2 unspecified atom stereocenters. The molecule has 1 fully saturated rings. The van der Waals surface area contributed by atoms with Crippen molar-refractivity contribution in [2.75, 3.05) is 24.3 Å². The Bertz CT molecular complexity index is 364. The first kappa shape index (κ1) is 11.2. The first-order valence-corrected chi connectivity index (χ1v) is 5.56. The van der Waals surface area contributed by atoms with Crippen molar-refractivity contribution < 1.29 is 9.13 Å². The van der Waals surface area contributed by atoms with Gasteiger partial charge in [-0.25, -0.2) is 4.39 Å². The molecule has 1 aliphatic rings. The van der Waals surface area contributed by atoms with E-state index < -0.39 is 0 Å². The van der Waals surface area contributed by atoms with Gasteiger partial charge in [-0.15, -0.1) is 0 Å². The molecular formula is C12H17FN2O. The third kappa shape index (κ3) is 2.44. The monoisotopic (exact) mass is 224 g/mol. The molecule has 4 heteroatoms. The van der Waals surface area contributed by atoms with Crippen LogP contribution in [0.5, 0.6) is 0 Å². The molecule has 0 aromatic heterocycles. The average Bonchev–Trinajstić information content (AvgIpc) is 2.75. The molecule has 0 bridgehead atoms. The van der Waals surface area contributed by atoms with Crippen molar-refractivity contribution in [3.8, 4) is 0 Å². The second-order valence-electron chi connectivity index (χ2n) is 4.30. The van der Waals surface area contributed by atoms with E-state index in [9.17, 15) is 4.39 Å². The van der Waals surface area contributed by atoms with E-state index in [2.05, 4.69) is 12.2 Å². The number of ether oxygens (including phenoxy) is 1. The van der Waals surface area contributed by atoms with Gasteiger partial charge in [0.2, 0.25) is 0 Å². The van der Waals surface area contributed by atoms with Crippen LogP contribution in [-0.4, -0.2) is 19.3 Å². The van der Waals surface area contributed by atoms with Gasteiger partial charge in [0, 0.05) is 24.3 Å². The van der Waals surface area contributed by atoms with Crippen molar-refractivity contribution in [2.45, 2.75) is 19.4 Å². The average molecular weight is 224 g/mol. The van der Waals surface area contributed by atoms with Crippen molar-refractivity contribution in [3.63, 3.8) is 0 Å². The van der Waals surface area contributed by atoms with Crippen molar-refractivity contribution in [2.24, 2.45) is 5.92 Å². The van der Waals surface area contributed by atoms with Crippen LogP contribution in [0.2, 0.25) is 0 Å². The molecule has 0 amide bonds. The predicted molar refractivity (Wildman–Crippen MR) is 62.8 cm³/mol. The second kappa shape index (κ2) is 4.70. The van der Waals surface area contributed by atoms with E-state index in [-0.39, 0.29) is 11.9 Å². The molecule has 1 heterocycles. The molecule has 0 saturated carbocycles. The largest absolute Gasteiger partial charge is 0.399 e. The lowest BCUT2D eigenvalue weighted by molar-refractivity contribution is 0.183. The fourth-order valence-corrected chi connectivity index (χ4v) is 1.96. The number of anilines is 2. The summed E-state index contributed by atoms with van der Waals surface area (Å²) in [6.07, 6.45) is 1.03. The van der Waals surface area contributed by atoms with E-state index in [0.29, 0.717) is 17.3 Å². The lowest BCUT2D eigenvalue weighted by atomic mass is 10.0. The highest BCUT2D eigenvalue weighted by molar-refractivity contribution is 5.53. The Morgan fingerprint density at radius 2 is 2.38 bits per heavy atom. The number of nitrogen functional groups attached to an aromatic ring is 1. The third-order valence-corrected chi connectivity index (χ3v) is 3.05. The molecule has 0 radical (unpaired) electrons. The van der Waals surface area contributed by atoms with Crippen molar-refractivity contribution in [1.82, 2.24) is 0 Å². The molecule has 3 N–H and O–H groups in total. The van der Waals surface area contributed by atoms with E-state index >= 15 is 0 Å². The zero-order chi connectivity index (χ0) is 11.5. The maximum Gasteiger partial charge on any atom is 0.148 e. The summed E-state index contributed by atoms with van der Waals surface area (Å²) in [6.45, 7) is 3.61. The summed E-state index contributed by atoms with van der Waals surface area (Å²) in [4.78, 5) is 0. The van der Waals surface area contributed by atoms with Gasteiger partial charge in [-0.3, -0.25) is 0 Å². The molecule has 16 heavy (non-hydrogen) atoms. The van der Waals surface area contributed by atoms with Gasteiger partial charge in [-0.1, -0.05) is 0 Å². The van der Waals surface area contributed by atoms with Crippen LogP contribution in [-0.2, 0) is 4.74 Å². The topological polar surface area (TPSA) is 47.3 Å². The summed E-state index contributed by atoms with van der Waals surface area (Å²) >= 11 is 0. The number of nitrogens with two attached hydrogens (primary N) is 1. The molecule has 0 aliphatic carbocycles. The van der Waals surface area contributed by atoms with Gasteiger partial charge in [0.05, 0.1) is 12.3 Å². The van der Waals surface area contributed by atoms with Gasteiger partial charge < -0.3 is 15.8 Å². The van der Waals surface area contributed by atoms with E-state index in [1.807, 2.05) is 0 Å². The van der Waals surface area contributed by atoms with Crippen LogP contribution >= 0.6 is 0 Å². The van der Waals surface area contributed by atoms with E-state index in [4.69, 9.17) is 10.5 Å². The Morgan fingerprint density at radius 1 is 1.56 bits per heavy atom. The normalized spacial score (nSPS) is 22.0. The maximum absolute atomic E-state index is 13.5. The summed E-state index contributed by atoms with van der Waals surface area (Å²) in [5.41, 5.74) is 6.44. The maximum atomic E-state index is 13.5. The van der Waals surface area contributed by atoms with Gasteiger partial charge in [0.1, 0.15) is 5.82 Å². The number of benzene rings is 1. The van der Waals surface area contributed by atoms with Crippen molar-refractivity contribution in [1.29, 1.82) is 0 Å². The molecule has 2 rings (SSSR count). The van der Waals surface area contributed by atoms with Gasteiger partial charge >= 0.3 is 0 Å². The van der Waals surface area contributed by atoms with E-state index in [1.165, 1.54) is 6.07 Å². The lowest BCUT2D eigenvalue weighted by Gasteiger charge is -2.20. The number of hydrogen-bond acceptors (Lipinski definition) is 3. The number of nitrogens with one attached hydrogen (secondary N) is 1. The highest BCUT2D eigenvalue weighted by Crippen LogP contribution is 2.23. The summed E-state index contributed by atoms with van der Waals surface area (Å²) in [7, 11) is 0. The van der Waals surface area contributed by atoms with Gasteiger partial charge in [0.15, 0.2) is 0 Å². The molecule has 1 aromatic rings. The van der Waals surface area contributed by atoms with Gasteiger partial charge in [-0.2, -0.15) is 0 Å². The Morgan fingerprint density at radius 3 is 3.00 bits per heavy atom. The Kier molecular flexibility index (Phi) is 3.29. The highest BCUT2D eigenvalue weighted by atomic mass is 19.1. The lowest BCUT2D eigenvalue weighted by Crippen LogP contribution is -2.26. The molecule has 1 aromatic carbocycles. The molecular weight excluding hydrogens is 207 g/mol. The number of hydrogen-bond donors (Lipinski definition) is 2. The van der Waals surface area contributed by atoms with Crippen LogP contribution in [0.1, 0.15) is 13.3 Å². The minimum Gasteiger partial charge on any atom is -0.399 e. The Labute approximate surface area is 94.8 Å². The minimum absolute atomic E-state index is 0.209. The summed E-state index contributed by atoms with van der Waals surface area (Å²) < 4.78 is 18.8. The molecule has 0 spiro atoms. The summed E-state index contributed by atoms with van der Waals surface area (Å²) in [6, 6.07) is 4.92. The zero-order valence-corrected chi connectivity index (χ0v) is 9.37. The molecule has 1 saturated heterocycles. The molecule has 3 nitrogen and oxygen atoms in total. The summed E-state index contributed by atoms with van der Waals surface area (Å²) in [5.74, 6) is 0.155. The molecule has 88 valence electrons. The standard InChI is InChI=1S/C12H17FN2O/c1-8(9-4-5-16-7-9)15-12-3-2-10(14)6-11(12)13/h2-3,6,8-9,15H,4-5,7,14H2,1H3. The van der Waals surface area contributed by atoms with Crippen LogP contribution in [0.25, 0.3) is 0 Å². The smallest absolute Gasteiger partial charge is 0.148 e. The number of rotatable bonds is 3. The Hall–Kier alpha value is -1.29. The van der Waals surface area contributed by atoms with Crippen LogP contribution in [0.3, 0.4) is 0 Å². The van der Waals surface area contributed by atoms with Crippen LogP contribution in [0.15, 0.2) is 18.2 Å². The quantitative estimate of drug-likeness (QED) is 0.774. The van der Waals surface area contributed by atoms with Gasteiger partial charge in [-0.05, 0) is 31.5 Å².